The van der Waals surface area contributed by atoms with Crippen LogP contribution in [0.25, 0.3) is 0 Å². The van der Waals surface area contributed by atoms with Crippen molar-refractivity contribution in [2.75, 3.05) is 18.2 Å². The fourth-order valence-corrected chi connectivity index (χ4v) is 3.46. The third-order valence-electron chi connectivity index (χ3n) is 4.52. The van der Waals surface area contributed by atoms with E-state index in [2.05, 4.69) is 22.4 Å². The number of rotatable bonds is 9. The number of benzene rings is 2. The average Bonchev–Trinajstić information content (AvgIpc) is 3.15. The van der Waals surface area contributed by atoms with Gasteiger partial charge < -0.3 is 19.4 Å². The lowest BCUT2D eigenvalue weighted by atomic mass is 10.2. The SMILES string of the molecule is CCc1ccc(OCc2nnc(SCC(=O)Nc3cccc(C(=O)OC)c3)n2C)cc1. The predicted octanol–water partition coefficient (Wildman–Crippen LogP) is 3.47. The summed E-state index contributed by atoms with van der Waals surface area (Å²) in [5.74, 6) is 0.897. The predicted molar refractivity (Wildman–Crippen MR) is 118 cm³/mol. The van der Waals surface area contributed by atoms with Crippen molar-refractivity contribution in [3.63, 3.8) is 0 Å². The number of ether oxygens (including phenoxy) is 2. The van der Waals surface area contributed by atoms with Crippen molar-refractivity contribution in [1.82, 2.24) is 14.8 Å². The van der Waals surface area contributed by atoms with E-state index in [1.807, 2.05) is 31.3 Å². The lowest BCUT2D eigenvalue weighted by Gasteiger charge is -2.08. The molecule has 162 valence electrons. The number of amides is 1. The molecule has 9 heteroatoms. The quantitative estimate of drug-likeness (QED) is 0.402. The molecule has 2 aromatic carbocycles. The zero-order valence-corrected chi connectivity index (χ0v) is 18.4. The van der Waals surface area contributed by atoms with Gasteiger partial charge in [-0.15, -0.1) is 10.2 Å². The third kappa shape index (κ3) is 6.08. The number of anilines is 1. The van der Waals surface area contributed by atoms with Crippen molar-refractivity contribution >= 4 is 29.3 Å². The normalized spacial score (nSPS) is 10.5. The maximum atomic E-state index is 12.3. The molecule has 0 fully saturated rings. The molecular formula is C22H24N4O4S. The minimum Gasteiger partial charge on any atom is -0.486 e. The van der Waals surface area contributed by atoms with E-state index in [1.165, 1.54) is 24.4 Å². The van der Waals surface area contributed by atoms with Gasteiger partial charge in [0, 0.05) is 12.7 Å². The zero-order chi connectivity index (χ0) is 22.2. The van der Waals surface area contributed by atoms with Crippen LogP contribution in [-0.2, 0) is 29.6 Å². The van der Waals surface area contributed by atoms with E-state index in [0.29, 0.717) is 22.2 Å². The Balaban J connectivity index is 1.52. The van der Waals surface area contributed by atoms with Crippen molar-refractivity contribution in [3.05, 3.63) is 65.5 Å². The fourth-order valence-electron chi connectivity index (χ4n) is 2.73. The first kappa shape index (κ1) is 22.4. The average molecular weight is 441 g/mol. The highest BCUT2D eigenvalue weighted by molar-refractivity contribution is 7.99. The van der Waals surface area contributed by atoms with Gasteiger partial charge in [0.1, 0.15) is 12.4 Å². The standard InChI is InChI=1S/C22H24N4O4S/c1-4-15-8-10-18(11-9-15)30-13-19-24-25-22(26(19)2)31-14-20(27)23-17-7-5-6-16(12-17)21(28)29-3/h5-12H,4,13-14H2,1-3H3,(H,23,27). The highest BCUT2D eigenvalue weighted by Gasteiger charge is 2.13. The van der Waals surface area contributed by atoms with Gasteiger partial charge in [-0.1, -0.05) is 36.9 Å². The van der Waals surface area contributed by atoms with Gasteiger partial charge in [0.25, 0.3) is 0 Å². The van der Waals surface area contributed by atoms with Gasteiger partial charge in [-0.3, -0.25) is 4.79 Å². The number of carbonyl (C=O) groups excluding carboxylic acids is 2. The molecule has 0 saturated carbocycles. The van der Waals surface area contributed by atoms with Crippen molar-refractivity contribution in [1.29, 1.82) is 0 Å². The number of esters is 1. The second-order valence-corrected chi connectivity index (χ2v) is 7.60. The first-order chi connectivity index (χ1) is 15.0. The van der Waals surface area contributed by atoms with Crippen LogP contribution >= 0.6 is 11.8 Å². The molecule has 0 aliphatic heterocycles. The fraction of sp³-hybridized carbons (Fsp3) is 0.273. The molecule has 0 radical (unpaired) electrons. The smallest absolute Gasteiger partial charge is 0.337 e. The zero-order valence-electron chi connectivity index (χ0n) is 17.6. The maximum Gasteiger partial charge on any atom is 0.337 e. The molecule has 0 atom stereocenters. The number of nitrogens with zero attached hydrogens (tertiary/aromatic N) is 3. The summed E-state index contributed by atoms with van der Waals surface area (Å²) in [5.41, 5.74) is 2.14. The summed E-state index contributed by atoms with van der Waals surface area (Å²) in [6.45, 7) is 2.39. The molecule has 0 spiro atoms. The summed E-state index contributed by atoms with van der Waals surface area (Å²) in [7, 11) is 3.14. The summed E-state index contributed by atoms with van der Waals surface area (Å²) in [5, 5.41) is 11.7. The number of carbonyl (C=O) groups is 2. The number of nitrogens with one attached hydrogen (secondary N) is 1. The van der Waals surface area contributed by atoms with E-state index in [9.17, 15) is 9.59 Å². The number of aromatic nitrogens is 3. The molecule has 31 heavy (non-hydrogen) atoms. The second-order valence-electron chi connectivity index (χ2n) is 6.65. The van der Waals surface area contributed by atoms with Crippen LogP contribution in [0.15, 0.2) is 53.7 Å². The second kappa shape index (κ2) is 10.6. The van der Waals surface area contributed by atoms with E-state index in [4.69, 9.17) is 9.47 Å². The van der Waals surface area contributed by atoms with Crippen LogP contribution in [0.1, 0.15) is 28.7 Å². The van der Waals surface area contributed by atoms with Crippen molar-refractivity contribution in [3.8, 4) is 5.75 Å². The highest BCUT2D eigenvalue weighted by atomic mass is 32.2. The summed E-state index contributed by atoms with van der Waals surface area (Å²) < 4.78 is 12.3. The number of hydrogen-bond donors (Lipinski definition) is 1. The summed E-state index contributed by atoms with van der Waals surface area (Å²) >= 11 is 1.27. The van der Waals surface area contributed by atoms with E-state index in [0.717, 1.165) is 12.2 Å². The number of methoxy groups -OCH3 is 1. The molecule has 3 aromatic rings. The number of thioether (sulfide) groups is 1. The Morgan fingerprint density at radius 1 is 1.13 bits per heavy atom. The Bertz CT molecular complexity index is 1050. The lowest BCUT2D eigenvalue weighted by molar-refractivity contribution is -0.113. The maximum absolute atomic E-state index is 12.3. The first-order valence-corrected chi connectivity index (χ1v) is 10.7. The Kier molecular flexibility index (Phi) is 7.66. The van der Waals surface area contributed by atoms with Crippen LogP contribution in [0.5, 0.6) is 5.75 Å². The van der Waals surface area contributed by atoms with Gasteiger partial charge in [0.2, 0.25) is 5.91 Å². The molecule has 0 aliphatic carbocycles. The number of hydrogen-bond acceptors (Lipinski definition) is 7. The molecular weight excluding hydrogens is 416 g/mol. The van der Waals surface area contributed by atoms with E-state index < -0.39 is 5.97 Å². The third-order valence-corrected chi connectivity index (χ3v) is 5.54. The van der Waals surface area contributed by atoms with E-state index >= 15 is 0 Å². The van der Waals surface area contributed by atoms with Gasteiger partial charge in [-0.2, -0.15) is 0 Å². The highest BCUT2D eigenvalue weighted by Crippen LogP contribution is 2.19. The van der Waals surface area contributed by atoms with Crippen molar-refractivity contribution < 1.29 is 19.1 Å². The van der Waals surface area contributed by atoms with E-state index in [1.54, 1.807) is 28.8 Å². The minimum atomic E-state index is -0.458. The molecule has 0 aliphatic rings. The van der Waals surface area contributed by atoms with Gasteiger partial charge >= 0.3 is 5.97 Å². The van der Waals surface area contributed by atoms with Crippen molar-refractivity contribution in [2.24, 2.45) is 7.05 Å². The molecule has 0 bridgehead atoms. The molecule has 1 aromatic heterocycles. The van der Waals surface area contributed by atoms with Crippen LogP contribution in [0.2, 0.25) is 0 Å². The van der Waals surface area contributed by atoms with Gasteiger partial charge in [0.15, 0.2) is 11.0 Å². The molecule has 1 heterocycles. The monoisotopic (exact) mass is 440 g/mol. The largest absolute Gasteiger partial charge is 0.486 e. The topological polar surface area (TPSA) is 95.3 Å². The Labute approximate surface area is 185 Å². The van der Waals surface area contributed by atoms with E-state index in [-0.39, 0.29) is 18.3 Å². The van der Waals surface area contributed by atoms with Crippen LogP contribution in [0, 0.1) is 0 Å². The van der Waals surface area contributed by atoms with Gasteiger partial charge in [-0.25, -0.2) is 4.79 Å². The summed E-state index contributed by atoms with van der Waals surface area (Å²) in [6.07, 6.45) is 0.981. The van der Waals surface area contributed by atoms with Crippen molar-refractivity contribution in [2.45, 2.75) is 25.1 Å². The summed E-state index contributed by atoms with van der Waals surface area (Å²) in [6, 6.07) is 14.5. The molecule has 1 amide bonds. The lowest BCUT2D eigenvalue weighted by Crippen LogP contribution is -2.15. The molecule has 0 unspecified atom stereocenters. The Morgan fingerprint density at radius 2 is 1.90 bits per heavy atom. The number of aryl methyl sites for hydroxylation is 1. The Hall–Kier alpha value is -3.33. The minimum absolute atomic E-state index is 0.147. The van der Waals surface area contributed by atoms with Gasteiger partial charge in [-0.05, 0) is 42.3 Å². The molecule has 0 saturated heterocycles. The first-order valence-electron chi connectivity index (χ1n) is 9.71. The molecule has 8 nitrogen and oxygen atoms in total. The summed E-state index contributed by atoms with van der Waals surface area (Å²) in [4.78, 5) is 23.9. The van der Waals surface area contributed by atoms with Crippen LogP contribution in [-0.4, -0.2) is 39.5 Å². The van der Waals surface area contributed by atoms with Crippen LogP contribution in [0.3, 0.4) is 0 Å². The van der Waals surface area contributed by atoms with Crippen LogP contribution in [0.4, 0.5) is 5.69 Å². The molecule has 3 rings (SSSR count). The van der Waals surface area contributed by atoms with Crippen LogP contribution < -0.4 is 10.1 Å². The Morgan fingerprint density at radius 3 is 2.61 bits per heavy atom. The van der Waals surface area contributed by atoms with Gasteiger partial charge in [0.05, 0.1) is 18.4 Å². The molecule has 1 N–H and O–H groups in total.